The molecule has 1 atom stereocenters. The fourth-order valence-electron chi connectivity index (χ4n) is 8.60. The summed E-state index contributed by atoms with van der Waals surface area (Å²) >= 11 is 0. The van der Waals surface area contributed by atoms with Crippen molar-refractivity contribution >= 4 is 33.0 Å². The lowest BCUT2D eigenvalue weighted by Gasteiger charge is -2.30. The number of hydrogen-bond donors (Lipinski definition) is 0. The Morgan fingerprint density at radius 2 is 1.21 bits per heavy atom. The van der Waals surface area contributed by atoms with Crippen molar-refractivity contribution in [3.8, 4) is 39.3 Å². The molecular weight excluding hydrogens is 572 g/mol. The molecule has 1 unspecified atom stereocenters. The van der Waals surface area contributed by atoms with Gasteiger partial charge in [-0.3, -0.25) is 4.57 Å². The van der Waals surface area contributed by atoms with Crippen molar-refractivity contribution in [1.29, 1.82) is 0 Å². The molecule has 1 spiro atoms. The van der Waals surface area contributed by atoms with E-state index in [0.717, 1.165) is 50.0 Å². The molecule has 2 aliphatic rings. The molecule has 0 saturated heterocycles. The smallest absolute Gasteiger partial charge is 0.145 e. The van der Waals surface area contributed by atoms with Crippen molar-refractivity contribution in [2.24, 2.45) is 0 Å². The molecule has 3 heteroatoms. The molecule has 0 aliphatic heterocycles. The zero-order valence-corrected chi connectivity index (χ0v) is 25.3. The van der Waals surface area contributed by atoms with Crippen LogP contribution in [0.3, 0.4) is 0 Å². The van der Waals surface area contributed by atoms with Crippen LogP contribution < -0.4 is 0 Å². The van der Waals surface area contributed by atoms with Crippen LogP contribution in [0.5, 0.6) is 0 Å². The first-order valence-corrected chi connectivity index (χ1v) is 16.1. The Labute approximate surface area is 271 Å². The maximum absolute atomic E-state index is 6.71. The van der Waals surface area contributed by atoms with Crippen LogP contribution in [0.25, 0.3) is 72.3 Å². The lowest BCUT2D eigenvalue weighted by Crippen LogP contribution is -2.26. The molecule has 218 valence electrons. The SMILES string of the molecule is c1ccc(-c2nc3ccccc3n2-c2ccc3c(c2)C2(c4ccccc4-3)c3ccccc3-c3c2ccc2c3oc3ccccc32)cc1. The van der Waals surface area contributed by atoms with E-state index in [9.17, 15) is 0 Å². The number of imidazole rings is 1. The van der Waals surface area contributed by atoms with Gasteiger partial charge in [-0.25, -0.2) is 4.98 Å². The van der Waals surface area contributed by atoms with Crippen molar-refractivity contribution < 1.29 is 4.42 Å². The summed E-state index contributed by atoms with van der Waals surface area (Å²) < 4.78 is 9.04. The van der Waals surface area contributed by atoms with E-state index >= 15 is 0 Å². The van der Waals surface area contributed by atoms with E-state index in [1.165, 1.54) is 44.5 Å². The highest BCUT2D eigenvalue weighted by Crippen LogP contribution is 2.64. The number of furan rings is 1. The number of fused-ring (bicyclic) bond motifs is 15. The molecule has 2 aliphatic carbocycles. The quantitative estimate of drug-likeness (QED) is 0.198. The highest BCUT2D eigenvalue weighted by molar-refractivity contribution is 6.13. The Kier molecular flexibility index (Phi) is 4.78. The fourth-order valence-corrected chi connectivity index (χ4v) is 8.60. The second-order valence-electron chi connectivity index (χ2n) is 12.7. The summed E-state index contributed by atoms with van der Waals surface area (Å²) in [6.07, 6.45) is 0. The van der Waals surface area contributed by atoms with Gasteiger partial charge in [-0.15, -0.1) is 0 Å². The largest absolute Gasteiger partial charge is 0.455 e. The maximum Gasteiger partial charge on any atom is 0.145 e. The van der Waals surface area contributed by atoms with Crippen molar-refractivity contribution in [2.75, 3.05) is 0 Å². The zero-order valence-electron chi connectivity index (χ0n) is 25.3. The monoisotopic (exact) mass is 598 g/mol. The Balaban J connectivity index is 1.26. The van der Waals surface area contributed by atoms with Crippen molar-refractivity contribution in [3.05, 3.63) is 180 Å². The van der Waals surface area contributed by atoms with Gasteiger partial charge in [0.1, 0.15) is 17.0 Å². The van der Waals surface area contributed by atoms with Gasteiger partial charge in [0.15, 0.2) is 0 Å². The van der Waals surface area contributed by atoms with Crippen LogP contribution in [-0.4, -0.2) is 9.55 Å². The van der Waals surface area contributed by atoms with Crippen LogP contribution in [0, 0.1) is 0 Å². The minimum atomic E-state index is -0.496. The van der Waals surface area contributed by atoms with E-state index in [-0.39, 0.29) is 0 Å². The molecule has 9 aromatic rings. The highest BCUT2D eigenvalue weighted by Gasteiger charge is 2.52. The van der Waals surface area contributed by atoms with Crippen molar-refractivity contribution in [3.63, 3.8) is 0 Å². The number of rotatable bonds is 2. The summed E-state index contributed by atoms with van der Waals surface area (Å²) in [6.45, 7) is 0. The van der Waals surface area contributed by atoms with E-state index in [4.69, 9.17) is 9.40 Å². The number of para-hydroxylation sites is 3. The Morgan fingerprint density at radius 1 is 0.511 bits per heavy atom. The highest BCUT2D eigenvalue weighted by atomic mass is 16.3. The normalized spacial score (nSPS) is 15.7. The van der Waals surface area contributed by atoms with Crippen LogP contribution in [0.4, 0.5) is 0 Å². The molecule has 2 heterocycles. The Bertz CT molecular complexity index is 2750. The van der Waals surface area contributed by atoms with Gasteiger partial charge in [-0.1, -0.05) is 127 Å². The van der Waals surface area contributed by atoms with Crippen LogP contribution in [0.2, 0.25) is 0 Å². The summed E-state index contributed by atoms with van der Waals surface area (Å²) in [5.41, 5.74) is 15.8. The fraction of sp³-hybridized carbons (Fsp3) is 0.0227. The molecular formula is C44H26N2O. The second-order valence-corrected chi connectivity index (χ2v) is 12.7. The lowest BCUT2D eigenvalue weighted by atomic mass is 9.70. The second kappa shape index (κ2) is 8.96. The van der Waals surface area contributed by atoms with Crippen LogP contribution in [0.15, 0.2) is 162 Å². The molecule has 0 bridgehead atoms. The molecule has 47 heavy (non-hydrogen) atoms. The summed E-state index contributed by atoms with van der Waals surface area (Å²) in [6, 6.07) is 56.9. The first-order chi connectivity index (χ1) is 23.3. The molecule has 0 amide bonds. The summed E-state index contributed by atoms with van der Waals surface area (Å²) in [5, 5.41) is 2.31. The molecule has 3 nitrogen and oxygen atoms in total. The predicted molar refractivity (Wildman–Crippen MR) is 190 cm³/mol. The number of nitrogens with zero attached hydrogens (tertiary/aromatic N) is 2. The molecule has 11 rings (SSSR count). The molecule has 0 radical (unpaired) electrons. The third-order valence-electron chi connectivity index (χ3n) is 10.4. The summed E-state index contributed by atoms with van der Waals surface area (Å²) in [7, 11) is 0. The Morgan fingerprint density at radius 3 is 2.11 bits per heavy atom. The third kappa shape index (κ3) is 3.09. The number of aromatic nitrogens is 2. The van der Waals surface area contributed by atoms with E-state index in [0.29, 0.717) is 0 Å². The van der Waals surface area contributed by atoms with Crippen LogP contribution >= 0.6 is 0 Å². The maximum atomic E-state index is 6.71. The van der Waals surface area contributed by atoms with Crippen molar-refractivity contribution in [1.82, 2.24) is 9.55 Å². The van der Waals surface area contributed by atoms with Crippen LogP contribution in [0.1, 0.15) is 22.3 Å². The van der Waals surface area contributed by atoms with Gasteiger partial charge in [-0.2, -0.15) is 0 Å². The number of benzene rings is 7. The van der Waals surface area contributed by atoms with E-state index in [2.05, 4.69) is 162 Å². The van der Waals surface area contributed by atoms with Gasteiger partial charge >= 0.3 is 0 Å². The Hall–Kier alpha value is -6.19. The van der Waals surface area contributed by atoms with Gasteiger partial charge in [0.05, 0.1) is 16.4 Å². The van der Waals surface area contributed by atoms with Gasteiger partial charge in [0.25, 0.3) is 0 Å². The number of hydrogen-bond acceptors (Lipinski definition) is 2. The minimum Gasteiger partial charge on any atom is -0.455 e. The average Bonchev–Trinajstić information content (AvgIpc) is 3.87. The first-order valence-electron chi connectivity index (χ1n) is 16.1. The standard InChI is InChI=1S/C44H26N2O/c1-2-12-27(13-3-1)43-45-38-19-9-10-20-39(38)46(43)28-22-23-30-29-14-4-7-17-34(29)44(37(30)26-28)35-18-8-5-16-33(35)41-36(44)25-24-32-31-15-6-11-21-40(31)47-42(32)41/h1-26H. The summed E-state index contributed by atoms with van der Waals surface area (Å²) in [4.78, 5) is 5.16. The minimum absolute atomic E-state index is 0.496. The average molecular weight is 599 g/mol. The molecule has 7 aromatic carbocycles. The van der Waals surface area contributed by atoms with Gasteiger partial charge in [0.2, 0.25) is 0 Å². The zero-order chi connectivity index (χ0) is 30.7. The molecule has 0 N–H and O–H groups in total. The van der Waals surface area contributed by atoms with Gasteiger partial charge in [-0.05, 0) is 69.3 Å². The van der Waals surface area contributed by atoms with Gasteiger partial charge in [0, 0.05) is 27.6 Å². The molecule has 2 aromatic heterocycles. The third-order valence-corrected chi connectivity index (χ3v) is 10.4. The molecule has 0 fully saturated rings. The van der Waals surface area contributed by atoms with Crippen molar-refractivity contribution in [2.45, 2.75) is 5.41 Å². The predicted octanol–water partition coefficient (Wildman–Crippen LogP) is 10.9. The topological polar surface area (TPSA) is 31.0 Å². The van der Waals surface area contributed by atoms with E-state index in [1.807, 2.05) is 0 Å². The van der Waals surface area contributed by atoms with Crippen LogP contribution in [-0.2, 0) is 5.41 Å². The lowest BCUT2D eigenvalue weighted by molar-refractivity contribution is 0.669. The van der Waals surface area contributed by atoms with Gasteiger partial charge < -0.3 is 4.42 Å². The molecule has 0 saturated carbocycles. The first kappa shape index (κ1) is 25.1. The summed E-state index contributed by atoms with van der Waals surface area (Å²) in [5.74, 6) is 0.938. The van der Waals surface area contributed by atoms with E-state index in [1.54, 1.807) is 0 Å². The van der Waals surface area contributed by atoms with E-state index < -0.39 is 5.41 Å².